The van der Waals surface area contributed by atoms with Gasteiger partial charge in [-0.3, -0.25) is 4.90 Å². The van der Waals surface area contributed by atoms with Gasteiger partial charge in [-0.25, -0.2) is 14.5 Å². The van der Waals surface area contributed by atoms with E-state index in [0.717, 1.165) is 49.3 Å². The molecular weight excluding hydrogens is 458 g/mol. The van der Waals surface area contributed by atoms with Crippen LogP contribution in [0.2, 0.25) is 0 Å². The molecule has 1 aliphatic rings. The van der Waals surface area contributed by atoms with Gasteiger partial charge in [0.15, 0.2) is 11.6 Å². The normalized spacial score (nSPS) is 14.2. The number of pyridine rings is 3. The SMILES string of the molecule is COc1cc(-c2cnc3c(c2)OCCCN(Cc2ccc(OC)nc2)CCN3)c2c(C#N)cnn2c1. The monoisotopic (exact) mass is 485 g/mol. The van der Waals surface area contributed by atoms with Crippen molar-refractivity contribution in [3.05, 3.63) is 60.2 Å². The quantitative estimate of drug-likeness (QED) is 0.455. The number of aromatic nitrogens is 4. The molecule has 0 amide bonds. The van der Waals surface area contributed by atoms with Gasteiger partial charge in [-0.05, 0) is 24.1 Å². The summed E-state index contributed by atoms with van der Waals surface area (Å²) in [6.45, 7) is 3.83. The Hall–Kier alpha value is -4.36. The number of hydrogen-bond acceptors (Lipinski definition) is 9. The molecule has 10 nitrogen and oxygen atoms in total. The van der Waals surface area contributed by atoms with Crippen molar-refractivity contribution in [1.82, 2.24) is 24.5 Å². The molecule has 4 aromatic heterocycles. The van der Waals surface area contributed by atoms with Crippen molar-refractivity contribution in [3.63, 3.8) is 0 Å². The zero-order valence-electron chi connectivity index (χ0n) is 20.3. The van der Waals surface area contributed by atoms with Crippen molar-refractivity contribution in [1.29, 1.82) is 5.26 Å². The van der Waals surface area contributed by atoms with Crippen LogP contribution >= 0.6 is 0 Å². The summed E-state index contributed by atoms with van der Waals surface area (Å²) < 4.78 is 18.4. The third kappa shape index (κ3) is 4.87. The lowest BCUT2D eigenvalue weighted by molar-refractivity contribution is 0.230. The van der Waals surface area contributed by atoms with Gasteiger partial charge >= 0.3 is 0 Å². The van der Waals surface area contributed by atoms with Gasteiger partial charge in [0.25, 0.3) is 0 Å². The number of methoxy groups -OCH3 is 2. The standard InChI is InChI=1S/C26H27N7O3/c1-34-21-11-22(25-20(12-27)15-31-33(25)17-21)19-10-23-26(30-14-19)28-6-8-32(7-3-9-36-23)16-18-4-5-24(35-2)29-13-18/h4-5,10-11,13-15,17H,3,6-9,16H2,1-2H3,(H,28,30). The zero-order valence-corrected chi connectivity index (χ0v) is 20.3. The molecule has 0 unspecified atom stereocenters. The minimum absolute atomic E-state index is 0.485. The maximum Gasteiger partial charge on any atom is 0.212 e. The molecule has 0 aliphatic carbocycles. The fraction of sp³-hybridized carbons (Fsp3) is 0.308. The van der Waals surface area contributed by atoms with E-state index in [2.05, 4.69) is 31.4 Å². The van der Waals surface area contributed by atoms with Crippen molar-refractivity contribution in [3.8, 4) is 34.6 Å². The van der Waals surface area contributed by atoms with E-state index in [1.807, 2.05) is 30.5 Å². The van der Waals surface area contributed by atoms with Gasteiger partial charge in [-0.2, -0.15) is 10.4 Å². The third-order valence-electron chi connectivity index (χ3n) is 6.12. The summed E-state index contributed by atoms with van der Waals surface area (Å²) in [6.07, 6.45) is 7.81. The van der Waals surface area contributed by atoms with Crippen molar-refractivity contribution in [2.45, 2.75) is 13.0 Å². The summed E-state index contributed by atoms with van der Waals surface area (Å²) in [7, 11) is 3.22. The van der Waals surface area contributed by atoms with Gasteiger partial charge < -0.3 is 19.5 Å². The van der Waals surface area contributed by atoms with E-state index in [1.54, 1.807) is 37.3 Å². The van der Waals surface area contributed by atoms with Gasteiger partial charge in [0.2, 0.25) is 5.88 Å². The Morgan fingerprint density at radius 1 is 1.11 bits per heavy atom. The lowest BCUT2D eigenvalue weighted by Gasteiger charge is -2.25. The van der Waals surface area contributed by atoms with Crippen LogP contribution < -0.4 is 19.5 Å². The summed E-state index contributed by atoms with van der Waals surface area (Å²) in [5, 5.41) is 17.3. The van der Waals surface area contributed by atoms with E-state index in [-0.39, 0.29) is 0 Å². The molecule has 184 valence electrons. The second kappa shape index (κ2) is 10.5. The molecule has 0 aromatic carbocycles. The van der Waals surface area contributed by atoms with Crippen LogP contribution in [0.3, 0.4) is 0 Å². The highest BCUT2D eigenvalue weighted by molar-refractivity contribution is 5.86. The molecule has 0 fully saturated rings. The number of nitriles is 1. The summed E-state index contributed by atoms with van der Waals surface area (Å²) in [5.74, 6) is 2.62. The van der Waals surface area contributed by atoms with E-state index in [9.17, 15) is 5.26 Å². The molecule has 0 bridgehead atoms. The van der Waals surface area contributed by atoms with Gasteiger partial charge in [0.1, 0.15) is 11.8 Å². The largest absolute Gasteiger partial charge is 0.495 e. The molecule has 1 aliphatic heterocycles. The van der Waals surface area contributed by atoms with E-state index in [0.29, 0.717) is 40.9 Å². The number of anilines is 1. The molecule has 5 heterocycles. The van der Waals surface area contributed by atoms with Crippen LogP contribution in [0.4, 0.5) is 5.82 Å². The predicted octanol–water partition coefficient (Wildman–Crippen LogP) is 3.38. The molecular formula is C26H27N7O3. The minimum Gasteiger partial charge on any atom is -0.495 e. The van der Waals surface area contributed by atoms with Crippen LogP contribution in [-0.4, -0.2) is 64.9 Å². The van der Waals surface area contributed by atoms with Gasteiger partial charge in [0.05, 0.1) is 44.3 Å². The van der Waals surface area contributed by atoms with Gasteiger partial charge in [0, 0.05) is 55.8 Å². The lowest BCUT2D eigenvalue weighted by Crippen LogP contribution is -2.31. The summed E-state index contributed by atoms with van der Waals surface area (Å²) >= 11 is 0. The van der Waals surface area contributed by atoms with Gasteiger partial charge in [-0.15, -0.1) is 0 Å². The third-order valence-corrected chi connectivity index (χ3v) is 6.12. The van der Waals surface area contributed by atoms with E-state index in [1.165, 1.54) is 0 Å². The van der Waals surface area contributed by atoms with Crippen molar-refractivity contribution in [2.75, 3.05) is 45.8 Å². The second-order valence-corrected chi connectivity index (χ2v) is 8.44. The van der Waals surface area contributed by atoms with Gasteiger partial charge in [-0.1, -0.05) is 6.07 Å². The first-order valence-electron chi connectivity index (χ1n) is 11.7. The first-order valence-corrected chi connectivity index (χ1v) is 11.7. The lowest BCUT2D eigenvalue weighted by atomic mass is 10.0. The first-order chi connectivity index (χ1) is 17.7. The van der Waals surface area contributed by atoms with Crippen molar-refractivity contribution in [2.24, 2.45) is 0 Å². The minimum atomic E-state index is 0.485. The Kier molecular flexibility index (Phi) is 6.82. The Bertz CT molecular complexity index is 1400. The average Bonchev–Trinajstić information content (AvgIpc) is 3.34. The molecule has 10 heteroatoms. The van der Waals surface area contributed by atoms with Crippen molar-refractivity contribution >= 4 is 11.3 Å². The predicted molar refractivity (Wildman–Crippen MR) is 134 cm³/mol. The molecule has 0 saturated carbocycles. The zero-order chi connectivity index (χ0) is 24.9. The Labute approximate surface area is 209 Å². The Morgan fingerprint density at radius 2 is 2.03 bits per heavy atom. The maximum absolute atomic E-state index is 9.58. The van der Waals surface area contributed by atoms with Crippen molar-refractivity contribution < 1.29 is 14.2 Å². The van der Waals surface area contributed by atoms with Crippen LogP contribution in [-0.2, 0) is 6.54 Å². The Balaban J connectivity index is 1.36. The highest BCUT2D eigenvalue weighted by Crippen LogP contribution is 2.34. The van der Waals surface area contributed by atoms with E-state index >= 15 is 0 Å². The molecule has 0 radical (unpaired) electrons. The van der Waals surface area contributed by atoms with Crippen LogP contribution in [0.25, 0.3) is 16.6 Å². The smallest absolute Gasteiger partial charge is 0.212 e. The van der Waals surface area contributed by atoms with Crippen LogP contribution in [0.15, 0.2) is 49.1 Å². The van der Waals surface area contributed by atoms with Crippen LogP contribution in [0.1, 0.15) is 17.5 Å². The fourth-order valence-corrected chi connectivity index (χ4v) is 4.30. The number of fused-ring (bicyclic) bond motifs is 2. The van der Waals surface area contributed by atoms with Crippen LogP contribution in [0.5, 0.6) is 17.4 Å². The average molecular weight is 486 g/mol. The van der Waals surface area contributed by atoms with Crippen LogP contribution in [0, 0.1) is 11.3 Å². The maximum atomic E-state index is 9.58. The highest BCUT2D eigenvalue weighted by atomic mass is 16.5. The Morgan fingerprint density at radius 3 is 2.81 bits per heavy atom. The number of rotatable bonds is 5. The fourth-order valence-electron chi connectivity index (χ4n) is 4.30. The second-order valence-electron chi connectivity index (χ2n) is 8.44. The summed E-state index contributed by atoms with van der Waals surface area (Å²) in [5.41, 5.74) is 3.95. The molecule has 36 heavy (non-hydrogen) atoms. The highest BCUT2D eigenvalue weighted by Gasteiger charge is 2.17. The van der Waals surface area contributed by atoms with E-state index in [4.69, 9.17) is 14.2 Å². The first kappa shape index (κ1) is 23.4. The molecule has 1 N–H and O–H groups in total. The molecule has 0 saturated heterocycles. The number of nitrogens with one attached hydrogen (secondary N) is 1. The topological polar surface area (TPSA) is 110 Å². The number of hydrogen-bond donors (Lipinski definition) is 1. The van der Waals surface area contributed by atoms with E-state index < -0.39 is 0 Å². The summed E-state index contributed by atoms with van der Waals surface area (Å²) in [6, 6.07) is 9.99. The molecule has 0 spiro atoms. The molecule has 0 atom stereocenters. The molecule has 4 aromatic rings. The summed E-state index contributed by atoms with van der Waals surface area (Å²) in [4.78, 5) is 11.3. The number of nitrogens with zero attached hydrogens (tertiary/aromatic N) is 6. The molecule has 5 rings (SSSR count). The number of ether oxygens (including phenoxy) is 3.